The van der Waals surface area contributed by atoms with Gasteiger partial charge in [0.2, 0.25) is 17.7 Å². The Morgan fingerprint density at radius 3 is 2.83 bits per heavy atom. The molecule has 1 aromatic rings. The molecule has 3 rings (SSSR count). The van der Waals surface area contributed by atoms with Crippen molar-refractivity contribution in [2.24, 2.45) is 0 Å². The molecule has 2 amide bonds. The van der Waals surface area contributed by atoms with Crippen LogP contribution in [0.4, 0.5) is 0 Å². The molecular weight excluding hydrogens is 300 g/mol. The summed E-state index contributed by atoms with van der Waals surface area (Å²) in [4.78, 5) is 30.1. The van der Waals surface area contributed by atoms with E-state index in [-0.39, 0.29) is 25.0 Å². The lowest BCUT2D eigenvalue weighted by Gasteiger charge is -2.30. The number of morpholine rings is 1. The summed E-state index contributed by atoms with van der Waals surface area (Å²) < 4.78 is 10.3. The topological polar surface area (TPSA) is 97.6 Å². The molecule has 2 heterocycles. The number of aryl methyl sites for hydroxylation is 1. The van der Waals surface area contributed by atoms with Crippen LogP contribution in [0.5, 0.6) is 0 Å². The third kappa shape index (κ3) is 3.36. The lowest BCUT2D eigenvalue weighted by molar-refractivity contribution is -0.146. The van der Waals surface area contributed by atoms with Crippen LogP contribution in [0.1, 0.15) is 44.3 Å². The van der Waals surface area contributed by atoms with Crippen LogP contribution < -0.4 is 5.32 Å². The molecule has 8 nitrogen and oxygen atoms in total. The second-order valence-corrected chi connectivity index (χ2v) is 6.07. The van der Waals surface area contributed by atoms with Gasteiger partial charge in [0.1, 0.15) is 12.1 Å². The summed E-state index contributed by atoms with van der Waals surface area (Å²) in [5, 5.41) is 7.11. The van der Waals surface area contributed by atoms with Crippen molar-refractivity contribution in [3.63, 3.8) is 0 Å². The van der Waals surface area contributed by atoms with Gasteiger partial charge in [-0.25, -0.2) is 0 Å². The van der Waals surface area contributed by atoms with Gasteiger partial charge in [0, 0.05) is 13.0 Å². The first-order chi connectivity index (χ1) is 11.1. The average molecular weight is 322 g/mol. The molecule has 23 heavy (non-hydrogen) atoms. The molecular formula is C15H22N4O4. The molecule has 1 aliphatic carbocycles. The lowest BCUT2D eigenvalue weighted by atomic mass is 9.96. The third-order valence-electron chi connectivity index (χ3n) is 4.45. The van der Waals surface area contributed by atoms with Gasteiger partial charge in [-0.1, -0.05) is 24.9 Å². The van der Waals surface area contributed by atoms with E-state index in [1.807, 2.05) is 6.92 Å². The molecule has 0 aromatic carbocycles. The standard InChI is InChI=1S/C15H22N4O4/c1-2-12-16-14(18-23-12)15(5-3-4-6-15)17-11(20)9-19-7-8-22-10-13(19)21/h2-10H2,1H3,(H,17,20). The molecule has 2 fully saturated rings. The van der Waals surface area contributed by atoms with Gasteiger partial charge in [0.05, 0.1) is 13.2 Å². The van der Waals surface area contributed by atoms with Crippen LogP contribution in [0.3, 0.4) is 0 Å². The molecule has 1 saturated heterocycles. The molecule has 2 aliphatic rings. The number of rotatable bonds is 5. The number of ether oxygens (including phenoxy) is 1. The predicted octanol–water partition coefficient (Wildman–Crippen LogP) is 0.376. The Kier molecular flexibility index (Phi) is 4.61. The highest BCUT2D eigenvalue weighted by atomic mass is 16.5. The largest absolute Gasteiger partial charge is 0.370 e. The highest BCUT2D eigenvalue weighted by Gasteiger charge is 2.41. The van der Waals surface area contributed by atoms with E-state index in [4.69, 9.17) is 9.26 Å². The molecule has 0 bridgehead atoms. The summed E-state index contributed by atoms with van der Waals surface area (Å²) in [7, 11) is 0. The fourth-order valence-electron chi connectivity index (χ4n) is 3.17. The first-order valence-corrected chi connectivity index (χ1v) is 8.12. The summed E-state index contributed by atoms with van der Waals surface area (Å²) in [6.07, 6.45) is 4.26. The van der Waals surface area contributed by atoms with Crippen LogP contribution in [-0.4, -0.2) is 53.2 Å². The van der Waals surface area contributed by atoms with Crippen molar-refractivity contribution in [3.05, 3.63) is 11.7 Å². The second-order valence-electron chi connectivity index (χ2n) is 6.07. The first-order valence-electron chi connectivity index (χ1n) is 8.12. The van der Waals surface area contributed by atoms with Gasteiger partial charge in [-0.15, -0.1) is 0 Å². The Morgan fingerprint density at radius 1 is 1.39 bits per heavy atom. The quantitative estimate of drug-likeness (QED) is 0.841. The zero-order valence-corrected chi connectivity index (χ0v) is 13.3. The van der Waals surface area contributed by atoms with Crippen molar-refractivity contribution in [1.82, 2.24) is 20.4 Å². The lowest BCUT2D eigenvalue weighted by Crippen LogP contribution is -2.51. The Hall–Kier alpha value is -1.96. The van der Waals surface area contributed by atoms with Gasteiger partial charge in [0.15, 0.2) is 5.82 Å². The summed E-state index contributed by atoms with van der Waals surface area (Å²) in [5.74, 6) is 0.780. The molecule has 0 unspecified atom stereocenters. The molecule has 126 valence electrons. The monoisotopic (exact) mass is 322 g/mol. The van der Waals surface area contributed by atoms with Gasteiger partial charge in [-0.05, 0) is 12.8 Å². The van der Waals surface area contributed by atoms with E-state index in [9.17, 15) is 9.59 Å². The Balaban J connectivity index is 1.69. The molecule has 0 atom stereocenters. The van der Waals surface area contributed by atoms with Crippen LogP contribution in [0.15, 0.2) is 4.52 Å². The molecule has 0 spiro atoms. The van der Waals surface area contributed by atoms with Gasteiger partial charge in [-0.3, -0.25) is 9.59 Å². The molecule has 1 aliphatic heterocycles. The number of amides is 2. The highest BCUT2D eigenvalue weighted by Crippen LogP contribution is 2.37. The van der Waals surface area contributed by atoms with E-state index in [1.54, 1.807) is 0 Å². The fraction of sp³-hybridized carbons (Fsp3) is 0.733. The van der Waals surface area contributed by atoms with E-state index >= 15 is 0 Å². The summed E-state index contributed by atoms with van der Waals surface area (Å²) >= 11 is 0. The number of nitrogens with zero attached hydrogens (tertiary/aromatic N) is 3. The minimum Gasteiger partial charge on any atom is -0.370 e. The molecule has 8 heteroatoms. The zero-order chi connectivity index (χ0) is 16.3. The van der Waals surface area contributed by atoms with Crippen LogP contribution >= 0.6 is 0 Å². The average Bonchev–Trinajstić information content (AvgIpc) is 3.19. The van der Waals surface area contributed by atoms with Gasteiger partial charge >= 0.3 is 0 Å². The SMILES string of the molecule is CCc1nc(C2(NC(=O)CN3CCOCC3=O)CCCC2)no1. The van der Waals surface area contributed by atoms with E-state index in [0.29, 0.717) is 31.3 Å². The van der Waals surface area contributed by atoms with Crippen molar-refractivity contribution in [2.75, 3.05) is 26.3 Å². The Morgan fingerprint density at radius 2 is 2.17 bits per heavy atom. The number of carbonyl (C=O) groups is 2. The minimum absolute atomic E-state index is 0.0441. The van der Waals surface area contributed by atoms with Crippen molar-refractivity contribution in [1.29, 1.82) is 0 Å². The number of hydrogen-bond donors (Lipinski definition) is 1. The number of aromatic nitrogens is 2. The second kappa shape index (κ2) is 6.66. The van der Waals surface area contributed by atoms with Gasteiger partial charge in [-0.2, -0.15) is 4.98 Å². The van der Waals surface area contributed by atoms with Crippen LogP contribution in [0.25, 0.3) is 0 Å². The van der Waals surface area contributed by atoms with Gasteiger partial charge < -0.3 is 19.5 Å². The van der Waals surface area contributed by atoms with Gasteiger partial charge in [0.25, 0.3) is 0 Å². The van der Waals surface area contributed by atoms with E-state index < -0.39 is 5.54 Å². The maximum Gasteiger partial charge on any atom is 0.249 e. The van der Waals surface area contributed by atoms with Crippen molar-refractivity contribution in [3.8, 4) is 0 Å². The molecule has 0 radical (unpaired) electrons. The maximum absolute atomic E-state index is 12.4. The number of nitrogens with one attached hydrogen (secondary N) is 1. The normalized spacial score (nSPS) is 20.7. The first kappa shape index (κ1) is 15.9. The van der Waals surface area contributed by atoms with Crippen LogP contribution in [0.2, 0.25) is 0 Å². The van der Waals surface area contributed by atoms with E-state index in [2.05, 4.69) is 15.5 Å². The van der Waals surface area contributed by atoms with Crippen molar-refractivity contribution >= 4 is 11.8 Å². The highest BCUT2D eigenvalue weighted by molar-refractivity contribution is 5.86. The summed E-state index contributed by atoms with van der Waals surface area (Å²) in [5.41, 5.74) is -0.566. The minimum atomic E-state index is -0.566. The maximum atomic E-state index is 12.4. The van der Waals surface area contributed by atoms with Crippen molar-refractivity contribution < 1.29 is 18.8 Å². The number of hydrogen-bond acceptors (Lipinski definition) is 6. The fourth-order valence-corrected chi connectivity index (χ4v) is 3.17. The van der Waals surface area contributed by atoms with E-state index in [0.717, 1.165) is 25.7 Å². The number of carbonyl (C=O) groups excluding carboxylic acids is 2. The third-order valence-corrected chi connectivity index (χ3v) is 4.45. The molecule has 1 saturated carbocycles. The Bertz CT molecular complexity index is 580. The Labute approximate surface area is 134 Å². The van der Waals surface area contributed by atoms with E-state index in [1.165, 1.54) is 4.90 Å². The van der Waals surface area contributed by atoms with Crippen LogP contribution in [-0.2, 0) is 26.3 Å². The zero-order valence-electron chi connectivity index (χ0n) is 13.3. The van der Waals surface area contributed by atoms with Crippen molar-refractivity contribution in [2.45, 2.75) is 44.6 Å². The van der Waals surface area contributed by atoms with Crippen LogP contribution in [0, 0.1) is 0 Å². The predicted molar refractivity (Wildman–Crippen MR) is 79.4 cm³/mol. The molecule has 1 aromatic heterocycles. The summed E-state index contributed by atoms with van der Waals surface area (Å²) in [6.45, 7) is 2.95. The molecule has 1 N–H and O–H groups in total. The summed E-state index contributed by atoms with van der Waals surface area (Å²) in [6, 6.07) is 0. The smallest absolute Gasteiger partial charge is 0.249 e.